The molecule has 2 amide bonds. The van der Waals surface area contributed by atoms with Gasteiger partial charge in [-0.15, -0.1) is 11.3 Å². The minimum Gasteiger partial charge on any atom is -0.486 e. The molecule has 0 N–H and O–H groups in total. The van der Waals surface area contributed by atoms with Gasteiger partial charge in [-0.25, -0.2) is 0 Å². The molecule has 2 aromatic carbocycles. The van der Waals surface area contributed by atoms with E-state index in [0.717, 1.165) is 27.5 Å². The highest BCUT2D eigenvalue weighted by atomic mass is 32.1. The number of piperazine rings is 1. The van der Waals surface area contributed by atoms with Crippen molar-refractivity contribution < 1.29 is 19.1 Å². The van der Waals surface area contributed by atoms with Crippen molar-refractivity contribution in [2.45, 2.75) is 19.3 Å². The topological polar surface area (TPSA) is 59.1 Å². The monoisotopic (exact) mass is 476 g/mol. The molecule has 0 unspecified atom stereocenters. The Morgan fingerprint density at radius 2 is 1.50 bits per heavy atom. The fourth-order valence-electron chi connectivity index (χ4n) is 4.45. The van der Waals surface area contributed by atoms with Crippen molar-refractivity contribution in [3.63, 3.8) is 0 Å². The van der Waals surface area contributed by atoms with Gasteiger partial charge >= 0.3 is 0 Å². The summed E-state index contributed by atoms with van der Waals surface area (Å²) in [6.45, 7) is 7.19. The van der Waals surface area contributed by atoms with Crippen LogP contribution in [-0.2, 0) is 10.2 Å². The zero-order valence-electron chi connectivity index (χ0n) is 19.5. The molecule has 2 aliphatic rings. The molecule has 0 aliphatic carbocycles. The van der Waals surface area contributed by atoms with E-state index in [9.17, 15) is 9.59 Å². The highest BCUT2D eigenvalue weighted by Gasteiger charge is 2.35. The van der Waals surface area contributed by atoms with E-state index in [1.54, 1.807) is 0 Å². The molecule has 7 heteroatoms. The number of amides is 2. The molecule has 5 rings (SSSR count). The highest BCUT2D eigenvalue weighted by molar-refractivity contribution is 7.17. The first-order valence-corrected chi connectivity index (χ1v) is 12.4. The molecule has 0 radical (unpaired) electrons. The van der Waals surface area contributed by atoms with E-state index in [4.69, 9.17) is 9.47 Å². The van der Waals surface area contributed by atoms with Gasteiger partial charge in [0.1, 0.15) is 13.2 Å². The molecular weight excluding hydrogens is 448 g/mol. The van der Waals surface area contributed by atoms with Crippen molar-refractivity contribution in [1.29, 1.82) is 0 Å². The largest absolute Gasteiger partial charge is 0.486 e. The van der Waals surface area contributed by atoms with Crippen LogP contribution in [0.1, 0.15) is 29.1 Å². The molecule has 0 saturated carbocycles. The number of rotatable bonds is 4. The molecule has 34 heavy (non-hydrogen) atoms. The number of hydrogen-bond donors (Lipinski definition) is 0. The molecule has 0 bridgehead atoms. The fourth-order valence-corrected chi connectivity index (χ4v) is 5.42. The molecule has 2 aliphatic heterocycles. The van der Waals surface area contributed by atoms with Crippen LogP contribution in [0.15, 0.2) is 60.7 Å². The van der Waals surface area contributed by atoms with Gasteiger partial charge in [-0.3, -0.25) is 9.59 Å². The molecule has 176 valence electrons. The first-order valence-electron chi connectivity index (χ1n) is 11.6. The summed E-state index contributed by atoms with van der Waals surface area (Å²) < 4.78 is 11.3. The number of ether oxygens (including phenoxy) is 2. The maximum atomic E-state index is 13.2. The van der Waals surface area contributed by atoms with Gasteiger partial charge in [-0.1, -0.05) is 30.3 Å². The SMILES string of the molecule is CC(C)(C(=O)N1CCN(C(=O)c2ccc(-c3ccc4c(c3)OCCO4)s2)CC1)c1ccccc1. The number of fused-ring (bicyclic) bond motifs is 1. The maximum Gasteiger partial charge on any atom is 0.264 e. The van der Waals surface area contributed by atoms with Crippen molar-refractivity contribution in [2.75, 3.05) is 39.4 Å². The number of hydrogen-bond acceptors (Lipinski definition) is 5. The summed E-state index contributed by atoms with van der Waals surface area (Å²) in [5, 5.41) is 0. The quantitative estimate of drug-likeness (QED) is 0.558. The number of thiophene rings is 1. The van der Waals surface area contributed by atoms with Gasteiger partial charge in [0.15, 0.2) is 11.5 Å². The van der Waals surface area contributed by atoms with E-state index in [1.165, 1.54) is 11.3 Å². The summed E-state index contributed by atoms with van der Waals surface area (Å²) >= 11 is 1.48. The van der Waals surface area contributed by atoms with Crippen LogP contribution < -0.4 is 9.47 Å². The third-order valence-corrected chi connectivity index (χ3v) is 7.65. The average Bonchev–Trinajstić information content (AvgIpc) is 3.38. The molecule has 3 heterocycles. The molecule has 1 fully saturated rings. The Hall–Kier alpha value is -3.32. The minimum atomic E-state index is -0.597. The van der Waals surface area contributed by atoms with Gasteiger partial charge in [0, 0.05) is 31.1 Å². The van der Waals surface area contributed by atoms with Crippen LogP contribution in [0, 0.1) is 0 Å². The maximum absolute atomic E-state index is 13.2. The summed E-state index contributed by atoms with van der Waals surface area (Å²) in [6, 6.07) is 19.6. The van der Waals surface area contributed by atoms with Crippen LogP contribution in [0.25, 0.3) is 10.4 Å². The third-order valence-electron chi connectivity index (χ3n) is 6.53. The van der Waals surface area contributed by atoms with Crippen LogP contribution in [0.4, 0.5) is 0 Å². The van der Waals surface area contributed by atoms with Crippen molar-refractivity contribution in [3.05, 3.63) is 71.1 Å². The van der Waals surface area contributed by atoms with E-state index in [2.05, 4.69) is 0 Å². The highest BCUT2D eigenvalue weighted by Crippen LogP contribution is 2.37. The van der Waals surface area contributed by atoms with Crippen molar-refractivity contribution in [2.24, 2.45) is 0 Å². The standard InChI is InChI=1S/C27H28N2O4S/c1-27(2,20-6-4-3-5-7-20)26(31)29-14-12-28(13-15-29)25(30)24-11-10-23(34-24)19-8-9-21-22(18-19)33-17-16-32-21/h3-11,18H,12-17H2,1-2H3. The van der Waals surface area contributed by atoms with Crippen LogP contribution >= 0.6 is 11.3 Å². The van der Waals surface area contributed by atoms with Crippen LogP contribution in [0.5, 0.6) is 11.5 Å². The lowest BCUT2D eigenvalue weighted by atomic mass is 9.83. The number of nitrogens with zero attached hydrogens (tertiary/aromatic N) is 2. The number of carbonyl (C=O) groups is 2. The van der Waals surface area contributed by atoms with Crippen molar-refractivity contribution >= 4 is 23.2 Å². The van der Waals surface area contributed by atoms with Gasteiger partial charge in [0.05, 0.1) is 10.3 Å². The molecule has 0 spiro atoms. The molecule has 1 aromatic heterocycles. The normalized spacial score (nSPS) is 15.8. The van der Waals surface area contributed by atoms with E-state index >= 15 is 0 Å². The van der Waals surface area contributed by atoms with Gasteiger partial charge < -0.3 is 19.3 Å². The molecule has 0 atom stereocenters. The number of carbonyl (C=O) groups excluding carboxylic acids is 2. The summed E-state index contributed by atoms with van der Waals surface area (Å²) in [5.74, 6) is 1.61. The summed E-state index contributed by atoms with van der Waals surface area (Å²) in [6.07, 6.45) is 0. The van der Waals surface area contributed by atoms with E-state index in [1.807, 2.05) is 84.3 Å². The van der Waals surface area contributed by atoms with E-state index in [-0.39, 0.29) is 11.8 Å². The third kappa shape index (κ3) is 4.28. The Balaban J connectivity index is 1.23. The summed E-state index contributed by atoms with van der Waals surface area (Å²) in [4.78, 5) is 31.8. The van der Waals surface area contributed by atoms with Crippen molar-refractivity contribution in [1.82, 2.24) is 9.80 Å². The Labute approximate surface area is 203 Å². The van der Waals surface area contributed by atoms with Gasteiger partial charge in [0.2, 0.25) is 5.91 Å². The average molecular weight is 477 g/mol. The lowest BCUT2D eigenvalue weighted by Crippen LogP contribution is -2.54. The predicted octanol–water partition coefficient (Wildman–Crippen LogP) is 4.45. The van der Waals surface area contributed by atoms with E-state index in [0.29, 0.717) is 44.3 Å². The summed E-state index contributed by atoms with van der Waals surface area (Å²) in [5.41, 5.74) is 1.41. The Bertz CT molecular complexity index is 1200. The second kappa shape index (κ2) is 9.14. The zero-order valence-corrected chi connectivity index (χ0v) is 20.3. The Morgan fingerprint density at radius 3 is 2.24 bits per heavy atom. The second-order valence-electron chi connectivity index (χ2n) is 9.10. The second-order valence-corrected chi connectivity index (χ2v) is 10.2. The smallest absolute Gasteiger partial charge is 0.264 e. The van der Waals surface area contributed by atoms with Crippen LogP contribution in [0.3, 0.4) is 0 Å². The first kappa shape index (κ1) is 22.5. The first-order chi connectivity index (χ1) is 16.4. The van der Waals surface area contributed by atoms with Crippen LogP contribution in [-0.4, -0.2) is 61.0 Å². The molecular formula is C27H28N2O4S. The van der Waals surface area contributed by atoms with Gasteiger partial charge in [-0.05, 0) is 55.3 Å². The molecule has 3 aromatic rings. The number of benzene rings is 2. The van der Waals surface area contributed by atoms with Crippen LogP contribution in [0.2, 0.25) is 0 Å². The lowest BCUT2D eigenvalue weighted by molar-refractivity contribution is -0.137. The van der Waals surface area contributed by atoms with Gasteiger partial charge in [-0.2, -0.15) is 0 Å². The molecule has 1 saturated heterocycles. The fraction of sp³-hybridized carbons (Fsp3) is 0.333. The summed E-state index contributed by atoms with van der Waals surface area (Å²) in [7, 11) is 0. The van der Waals surface area contributed by atoms with Crippen molar-refractivity contribution in [3.8, 4) is 21.9 Å². The minimum absolute atomic E-state index is 0.0169. The lowest BCUT2D eigenvalue weighted by Gasteiger charge is -2.38. The Kier molecular flexibility index (Phi) is 6.04. The van der Waals surface area contributed by atoms with Gasteiger partial charge in [0.25, 0.3) is 5.91 Å². The predicted molar refractivity (Wildman–Crippen MR) is 133 cm³/mol. The Morgan fingerprint density at radius 1 is 0.824 bits per heavy atom. The molecule has 6 nitrogen and oxygen atoms in total. The zero-order chi connectivity index (χ0) is 23.7. The van der Waals surface area contributed by atoms with E-state index < -0.39 is 5.41 Å².